The molecule has 3 aromatic rings. The van der Waals surface area contributed by atoms with E-state index >= 15 is 0 Å². The van der Waals surface area contributed by atoms with Gasteiger partial charge in [0.1, 0.15) is 5.82 Å². The Labute approximate surface area is 113 Å². The quantitative estimate of drug-likeness (QED) is 0.544. The summed E-state index contributed by atoms with van der Waals surface area (Å²) in [6.07, 6.45) is 0.826. The summed E-state index contributed by atoms with van der Waals surface area (Å²) in [7, 11) is 1.83. The fourth-order valence-corrected chi connectivity index (χ4v) is 2.58. The Morgan fingerprint density at radius 1 is 1.42 bits per heavy atom. The molecule has 0 unspecified atom stereocenters. The van der Waals surface area contributed by atoms with E-state index in [9.17, 15) is 0 Å². The number of nitrogens with zero attached hydrogens (tertiary/aromatic N) is 5. The Bertz CT molecular complexity index is 702. The molecule has 7 nitrogen and oxygen atoms in total. The molecule has 3 rings (SSSR count). The van der Waals surface area contributed by atoms with Crippen LogP contribution in [-0.2, 0) is 13.5 Å². The summed E-state index contributed by atoms with van der Waals surface area (Å²) in [4.78, 5) is 7.78. The van der Waals surface area contributed by atoms with Crippen molar-refractivity contribution >= 4 is 28.5 Å². The van der Waals surface area contributed by atoms with E-state index in [1.54, 1.807) is 16.4 Å². The SMILES string of the molecule is Cn1nnnc1SCCc1nc2ccc(N)cc2[nH]1. The summed E-state index contributed by atoms with van der Waals surface area (Å²) in [6.45, 7) is 0. The number of aromatic amines is 1. The van der Waals surface area contributed by atoms with Crippen molar-refractivity contribution in [3.05, 3.63) is 24.0 Å². The third-order valence-corrected chi connectivity index (χ3v) is 3.72. The first-order valence-electron chi connectivity index (χ1n) is 5.81. The molecule has 0 bridgehead atoms. The molecule has 0 aliphatic carbocycles. The molecule has 3 N–H and O–H groups in total. The van der Waals surface area contributed by atoms with Gasteiger partial charge in [0.2, 0.25) is 5.16 Å². The van der Waals surface area contributed by atoms with E-state index in [1.165, 1.54) is 0 Å². The van der Waals surface area contributed by atoms with E-state index in [4.69, 9.17) is 5.73 Å². The van der Waals surface area contributed by atoms with E-state index in [1.807, 2.05) is 25.2 Å². The number of aromatic nitrogens is 6. The van der Waals surface area contributed by atoms with E-state index < -0.39 is 0 Å². The third kappa shape index (κ3) is 2.53. The average Bonchev–Trinajstić information content (AvgIpc) is 2.95. The number of hydrogen-bond donors (Lipinski definition) is 2. The average molecular weight is 275 g/mol. The van der Waals surface area contributed by atoms with Crippen LogP contribution >= 0.6 is 11.8 Å². The highest BCUT2D eigenvalue weighted by molar-refractivity contribution is 7.99. The fourth-order valence-electron chi connectivity index (χ4n) is 1.78. The molecule has 0 fully saturated rings. The van der Waals surface area contributed by atoms with Gasteiger partial charge in [-0.1, -0.05) is 11.8 Å². The summed E-state index contributed by atoms with van der Waals surface area (Å²) in [6, 6.07) is 5.67. The Hall–Kier alpha value is -2.09. The zero-order chi connectivity index (χ0) is 13.2. The van der Waals surface area contributed by atoms with Crippen LogP contribution in [0.2, 0.25) is 0 Å². The Kier molecular flexibility index (Phi) is 3.08. The van der Waals surface area contributed by atoms with Gasteiger partial charge in [0.25, 0.3) is 0 Å². The van der Waals surface area contributed by atoms with Gasteiger partial charge in [-0.25, -0.2) is 9.67 Å². The van der Waals surface area contributed by atoms with Crippen molar-refractivity contribution in [2.24, 2.45) is 7.05 Å². The molecule has 8 heteroatoms. The number of anilines is 1. The van der Waals surface area contributed by atoms with Gasteiger partial charge < -0.3 is 10.7 Å². The molecule has 0 saturated heterocycles. The number of nitrogen functional groups attached to an aromatic ring is 1. The van der Waals surface area contributed by atoms with Crippen LogP contribution in [0.15, 0.2) is 23.4 Å². The Morgan fingerprint density at radius 3 is 3.11 bits per heavy atom. The van der Waals surface area contributed by atoms with Gasteiger partial charge in [-0.15, -0.1) is 5.10 Å². The van der Waals surface area contributed by atoms with Gasteiger partial charge in [-0.2, -0.15) is 0 Å². The minimum Gasteiger partial charge on any atom is -0.399 e. The predicted octanol–water partition coefficient (Wildman–Crippen LogP) is 1.00. The number of aryl methyl sites for hydroxylation is 2. The van der Waals surface area contributed by atoms with Gasteiger partial charge >= 0.3 is 0 Å². The Morgan fingerprint density at radius 2 is 2.32 bits per heavy atom. The summed E-state index contributed by atoms with van der Waals surface area (Å²) in [5, 5.41) is 12.1. The van der Waals surface area contributed by atoms with Crippen LogP contribution in [0.25, 0.3) is 11.0 Å². The first kappa shape index (κ1) is 12.0. The molecule has 19 heavy (non-hydrogen) atoms. The monoisotopic (exact) mass is 275 g/mol. The van der Waals surface area contributed by atoms with Crippen LogP contribution in [0.5, 0.6) is 0 Å². The minimum absolute atomic E-state index is 0.738. The highest BCUT2D eigenvalue weighted by Gasteiger charge is 2.06. The number of rotatable bonds is 4. The van der Waals surface area contributed by atoms with E-state index in [0.29, 0.717) is 0 Å². The lowest BCUT2D eigenvalue weighted by Gasteiger charge is -1.96. The lowest BCUT2D eigenvalue weighted by molar-refractivity contribution is 0.664. The van der Waals surface area contributed by atoms with Crippen LogP contribution in [0.1, 0.15) is 5.82 Å². The zero-order valence-electron chi connectivity index (χ0n) is 10.4. The summed E-state index contributed by atoms with van der Waals surface area (Å²) in [5.74, 6) is 1.81. The second kappa shape index (κ2) is 4.88. The predicted molar refractivity (Wildman–Crippen MR) is 73.7 cm³/mol. The van der Waals surface area contributed by atoms with Crippen molar-refractivity contribution in [2.45, 2.75) is 11.6 Å². The van der Waals surface area contributed by atoms with Crippen LogP contribution in [0.3, 0.4) is 0 Å². The van der Waals surface area contributed by atoms with Gasteiger partial charge in [0, 0.05) is 24.9 Å². The van der Waals surface area contributed by atoms with Crippen LogP contribution in [0, 0.1) is 0 Å². The number of fused-ring (bicyclic) bond motifs is 1. The second-order valence-corrected chi connectivity index (χ2v) is 5.21. The summed E-state index contributed by atoms with van der Waals surface area (Å²) < 4.78 is 1.66. The summed E-state index contributed by atoms with van der Waals surface area (Å²) in [5.41, 5.74) is 8.39. The number of nitrogens with two attached hydrogens (primary N) is 1. The van der Waals surface area contributed by atoms with Gasteiger partial charge in [-0.05, 0) is 28.6 Å². The number of thioether (sulfide) groups is 1. The molecule has 0 atom stereocenters. The minimum atomic E-state index is 0.738. The molecule has 0 radical (unpaired) electrons. The van der Waals surface area contributed by atoms with Crippen LogP contribution in [0.4, 0.5) is 5.69 Å². The molecule has 1 aromatic carbocycles. The number of nitrogens with one attached hydrogen (secondary N) is 1. The van der Waals surface area contributed by atoms with Gasteiger partial charge in [-0.3, -0.25) is 0 Å². The maximum absolute atomic E-state index is 5.74. The normalized spacial score (nSPS) is 11.2. The molecular formula is C11H13N7S. The van der Waals surface area contributed by atoms with Crippen molar-refractivity contribution in [2.75, 3.05) is 11.5 Å². The number of hydrogen-bond acceptors (Lipinski definition) is 6. The number of imidazole rings is 1. The van der Waals surface area contributed by atoms with Crippen molar-refractivity contribution in [3.8, 4) is 0 Å². The molecule has 0 saturated carbocycles. The van der Waals surface area contributed by atoms with E-state index in [2.05, 4.69) is 25.5 Å². The maximum Gasteiger partial charge on any atom is 0.209 e. The molecule has 0 aliphatic heterocycles. The smallest absolute Gasteiger partial charge is 0.209 e. The largest absolute Gasteiger partial charge is 0.399 e. The van der Waals surface area contributed by atoms with Crippen molar-refractivity contribution in [3.63, 3.8) is 0 Å². The second-order valence-electron chi connectivity index (χ2n) is 4.14. The first-order chi connectivity index (χ1) is 9.22. The van der Waals surface area contributed by atoms with E-state index in [0.717, 1.165) is 39.9 Å². The van der Waals surface area contributed by atoms with Crippen molar-refractivity contribution in [1.29, 1.82) is 0 Å². The topological polar surface area (TPSA) is 98.3 Å². The standard InChI is InChI=1S/C11H13N7S/c1-18-11(15-16-17-18)19-5-4-10-13-8-3-2-7(12)6-9(8)14-10/h2-3,6H,4-5,12H2,1H3,(H,13,14). The van der Waals surface area contributed by atoms with Crippen molar-refractivity contribution in [1.82, 2.24) is 30.2 Å². The van der Waals surface area contributed by atoms with E-state index in [-0.39, 0.29) is 0 Å². The maximum atomic E-state index is 5.74. The third-order valence-electron chi connectivity index (χ3n) is 2.71. The zero-order valence-corrected chi connectivity index (χ0v) is 11.2. The van der Waals surface area contributed by atoms with Crippen LogP contribution in [-0.4, -0.2) is 35.9 Å². The highest BCUT2D eigenvalue weighted by Crippen LogP contribution is 2.17. The van der Waals surface area contributed by atoms with Crippen LogP contribution < -0.4 is 5.73 Å². The van der Waals surface area contributed by atoms with Gasteiger partial charge in [0.15, 0.2) is 0 Å². The fraction of sp³-hybridized carbons (Fsp3) is 0.273. The number of H-pyrrole nitrogens is 1. The molecule has 2 aromatic heterocycles. The molecule has 0 aliphatic rings. The first-order valence-corrected chi connectivity index (χ1v) is 6.80. The molecular weight excluding hydrogens is 262 g/mol. The van der Waals surface area contributed by atoms with Gasteiger partial charge in [0.05, 0.1) is 11.0 Å². The molecule has 0 amide bonds. The summed E-state index contributed by atoms with van der Waals surface area (Å²) >= 11 is 1.60. The highest BCUT2D eigenvalue weighted by atomic mass is 32.2. The van der Waals surface area contributed by atoms with Crippen molar-refractivity contribution < 1.29 is 0 Å². The molecule has 2 heterocycles. The molecule has 0 spiro atoms. The molecule has 98 valence electrons. The Balaban J connectivity index is 1.67. The number of benzene rings is 1. The number of tetrazole rings is 1. The lowest BCUT2D eigenvalue weighted by Crippen LogP contribution is -1.96. The lowest BCUT2D eigenvalue weighted by atomic mass is 10.3.